The van der Waals surface area contributed by atoms with Crippen LogP contribution in [0.2, 0.25) is 0 Å². The lowest BCUT2D eigenvalue weighted by atomic mass is 9.87. The van der Waals surface area contributed by atoms with Crippen molar-refractivity contribution in [2.45, 2.75) is 24.7 Å². The van der Waals surface area contributed by atoms with Crippen molar-refractivity contribution in [1.82, 2.24) is 14.9 Å². The first-order valence-corrected chi connectivity index (χ1v) is 9.17. The first kappa shape index (κ1) is 19.4. The van der Waals surface area contributed by atoms with E-state index in [1.165, 1.54) is 0 Å². The number of halogens is 3. The molecule has 0 spiro atoms. The van der Waals surface area contributed by atoms with Crippen LogP contribution in [0.4, 0.5) is 24.7 Å². The number of amides is 1. The van der Waals surface area contributed by atoms with Crippen LogP contribution in [0.5, 0.6) is 5.75 Å². The maximum atomic E-state index is 12.9. The van der Waals surface area contributed by atoms with Crippen molar-refractivity contribution in [3.8, 4) is 5.75 Å². The Labute approximate surface area is 165 Å². The van der Waals surface area contributed by atoms with Gasteiger partial charge in [-0.3, -0.25) is 9.69 Å². The predicted molar refractivity (Wildman–Crippen MR) is 99.8 cm³/mol. The molecule has 2 atom stereocenters. The van der Waals surface area contributed by atoms with E-state index in [0.717, 1.165) is 18.8 Å². The molecule has 0 saturated carbocycles. The van der Waals surface area contributed by atoms with Gasteiger partial charge in [-0.2, -0.15) is 13.2 Å². The minimum Gasteiger partial charge on any atom is -0.497 e. The van der Waals surface area contributed by atoms with Gasteiger partial charge in [0.05, 0.1) is 13.7 Å². The quantitative estimate of drug-likeness (QED) is 0.821. The van der Waals surface area contributed by atoms with Gasteiger partial charge in [-0.15, -0.1) is 0 Å². The maximum absolute atomic E-state index is 12.9. The van der Waals surface area contributed by atoms with Crippen LogP contribution in [-0.4, -0.2) is 59.6 Å². The number of piperazine rings is 1. The third kappa shape index (κ3) is 4.12. The molecule has 2 unspecified atom stereocenters. The van der Waals surface area contributed by atoms with Crippen LogP contribution < -0.4 is 15.0 Å². The number of ether oxygens (including phenoxy) is 1. The Morgan fingerprint density at radius 3 is 2.69 bits per heavy atom. The van der Waals surface area contributed by atoms with Crippen molar-refractivity contribution in [2.75, 3.05) is 37.0 Å². The molecule has 0 radical (unpaired) electrons. The third-order valence-electron chi connectivity index (χ3n) is 5.29. The third-order valence-corrected chi connectivity index (χ3v) is 5.29. The number of fused-ring (bicyclic) bond motifs is 2. The predicted octanol–water partition coefficient (Wildman–Crippen LogP) is 2.41. The fourth-order valence-electron chi connectivity index (χ4n) is 3.87. The van der Waals surface area contributed by atoms with Gasteiger partial charge in [0, 0.05) is 43.0 Å². The summed E-state index contributed by atoms with van der Waals surface area (Å²) in [5, 5.41) is 2.85. The molecule has 1 aromatic heterocycles. The summed E-state index contributed by atoms with van der Waals surface area (Å²) in [5.74, 6) is 0.785. The second kappa shape index (κ2) is 7.51. The molecule has 2 aromatic rings. The number of hydrogen-bond donors (Lipinski definition) is 1. The Kier molecular flexibility index (Phi) is 5.03. The van der Waals surface area contributed by atoms with E-state index in [0.29, 0.717) is 24.5 Å². The minimum absolute atomic E-state index is 0.106. The van der Waals surface area contributed by atoms with Crippen molar-refractivity contribution in [3.63, 3.8) is 0 Å². The summed E-state index contributed by atoms with van der Waals surface area (Å²) >= 11 is 0. The molecule has 3 aliphatic rings. The van der Waals surface area contributed by atoms with Crippen LogP contribution in [0.15, 0.2) is 36.7 Å². The molecule has 7 nitrogen and oxygen atoms in total. The van der Waals surface area contributed by atoms with E-state index in [-0.39, 0.29) is 30.4 Å². The second-order valence-electron chi connectivity index (χ2n) is 7.16. The highest BCUT2D eigenvalue weighted by molar-refractivity contribution is 5.92. The Morgan fingerprint density at radius 1 is 1.24 bits per heavy atom. The fraction of sp³-hybridized carbons (Fsp3) is 0.421. The Balaban J connectivity index is 1.35. The van der Waals surface area contributed by atoms with Gasteiger partial charge < -0.3 is 15.0 Å². The molecule has 1 amide bonds. The minimum atomic E-state index is -4.50. The normalized spacial score (nSPS) is 21.4. The van der Waals surface area contributed by atoms with E-state index in [1.807, 2.05) is 4.90 Å². The van der Waals surface area contributed by atoms with Crippen LogP contribution in [0.25, 0.3) is 0 Å². The summed E-state index contributed by atoms with van der Waals surface area (Å²) < 4.78 is 43.8. The molecule has 154 valence electrons. The van der Waals surface area contributed by atoms with Crippen molar-refractivity contribution in [2.24, 2.45) is 0 Å². The van der Waals surface area contributed by atoms with Crippen molar-refractivity contribution in [3.05, 3.63) is 42.4 Å². The Bertz CT molecular complexity index is 895. The fourth-order valence-corrected chi connectivity index (χ4v) is 3.87. The summed E-state index contributed by atoms with van der Waals surface area (Å²) in [7, 11) is 1.56. The summed E-state index contributed by atoms with van der Waals surface area (Å²) in [6, 6.07) is 8.30. The maximum Gasteiger partial charge on any atom is 0.433 e. The smallest absolute Gasteiger partial charge is 0.433 e. The number of rotatable bonds is 5. The molecule has 2 bridgehead atoms. The molecule has 3 fully saturated rings. The molecule has 5 rings (SSSR count). The molecule has 1 N–H and O–H groups in total. The number of aromatic nitrogens is 2. The number of nitrogens with zero attached hydrogens (tertiary/aromatic N) is 4. The lowest BCUT2D eigenvalue weighted by Gasteiger charge is -2.56. The molecule has 4 heterocycles. The van der Waals surface area contributed by atoms with Gasteiger partial charge >= 0.3 is 6.18 Å². The Hall–Kier alpha value is -2.88. The van der Waals surface area contributed by atoms with Crippen molar-refractivity contribution in [1.29, 1.82) is 0 Å². The van der Waals surface area contributed by atoms with Crippen LogP contribution in [-0.2, 0) is 11.0 Å². The SMILES string of the molecule is COc1cccc(NC(=O)CN2C3CC2CN(c2cc(C(F)(F)F)ncn2)C3)c1. The average Bonchev–Trinajstić information content (AvgIpc) is 2.71. The van der Waals surface area contributed by atoms with Gasteiger partial charge in [0.15, 0.2) is 0 Å². The highest BCUT2D eigenvalue weighted by Gasteiger charge is 2.45. The number of hydrogen-bond acceptors (Lipinski definition) is 6. The summed E-state index contributed by atoms with van der Waals surface area (Å²) in [6.45, 7) is 1.28. The van der Waals surface area contributed by atoms with E-state index < -0.39 is 11.9 Å². The van der Waals surface area contributed by atoms with E-state index in [9.17, 15) is 18.0 Å². The molecular formula is C19H20F3N5O2. The van der Waals surface area contributed by atoms with Gasteiger partial charge in [-0.25, -0.2) is 9.97 Å². The summed E-state index contributed by atoms with van der Waals surface area (Å²) in [6.07, 6.45) is -2.64. The van der Waals surface area contributed by atoms with E-state index >= 15 is 0 Å². The topological polar surface area (TPSA) is 70.6 Å². The first-order valence-electron chi connectivity index (χ1n) is 9.17. The molecule has 10 heteroatoms. The van der Waals surface area contributed by atoms with E-state index in [1.54, 1.807) is 31.4 Å². The molecule has 3 aliphatic heterocycles. The molecular weight excluding hydrogens is 387 g/mol. The van der Waals surface area contributed by atoms with Crippen LogP contribution in [0.1, 0.15) is 12.1 Å². The highest BCUT2D eigenvalue weighted by atomic mass is 19.4. The molecule has 0 aliphatic carbocycles. The number of anilines is 2. The van der Waals surface area contributed by atoms with Crippen molar-refractivity contribution >= 4 is 17.4 Å². The number of piperidine rings is 1. The van der Waals surface area contributed by atoms with Gasteiger partial charge in [0.2, 0.25) is 5.91 Å². The highest BCUT2D eigenvalue weighted by Crippen LogP contribution is 2.35. The summed E-state index contributed by atoms with van der Waals surface area (Å²) in [4.78, 5) is 23.6. The van der Waals surface area contributed by atoms with Crippen molar-refractivity contribution < 1.29 is 22.7 Å². The van der Waals surface area contributed by atoms with Gasteiger partial charge in [-0.05, 0) is 18.6 Å². The number of alkyl halides is 3. The van der Waals surface area contributed by atoms with Crippen LogP contribution in [0.3, 0.4) is 0 Å². The van der Waals surface area contributed by atoms with Gasteiger partial charge in [-0.1, -0.05) is 6.07 Å². The van der Waals surface area contributed by atoms with Crippen LogP contribution >= 0.6 is 0 Å². The molecule has 29 heavy (non-hydrogen) atoms. The zero-order valence-corrected chi connectivity index (χ0v) is 15.7. The van der Waals surface area contributed by atoms with E-state index in [2.05, 4.69) is 20.2 Å². The van der Waals surface area contributed by atoms with Crippen LogP contribution in [0, 0.1) is 0 Å². The molecule has 1 aromatic carbocycles. The second-order valence-corrected chi connectivity index (χ2v) is 7.16. The standard InChI is InChI=1S/C19H20F3N5O2/c1-29-15-4-2-3-12(5-15)25-18(28)10-27-13-6-14(27)9-26(8-13)17-7-16(19(20,21)22)23-11-24-17/h2-5,7,11,13-14H,6,8-10H2,1H3,(H,25,28). The summed E-state index contributed by atoms with van der Waals surface area (Å²) in [5.41, 5.74) is -0.293. The molecule has 3 saturated heterocycles. The number of nitrogens with one attached hydrogen (secondary N) is 1. The van der Waals surface area contributed by atoms with Gasteiger partial charge in [0.1, 0.15) is 23.6 Å². The number of benzene rings is 1. The zero-order chi connectivity index (χ0) is 20.6. The lowest BCUT2D eigenvalue weighted by Crippen LogP contribution is -2.69. The zero-order valence-electron chi connectivity index (χ0n) is 15.7. The Morgan fingerprint density at radius 2 is 2.00 bits per heavy atom. The average molecular weight is 407 g/mol. The number of carbonyl (C=O) groups is 1. The van der Waals surface area contributed by atoms with E-state index in [4.69, 9.17) is 4.74 Å². The van der Waals surface area contributed by atoms with Gasteiger partial charge in [0.25, 0.3) is 0 Å². The largest absolute Gasteiger partial charge is 0.497 e. The monoisotopic (exact) mass is 407 g/mol. The lowest BCUT2D eigenvalue weighted by molar-refractivity contribution is -0.141. The number of carbonyl (C=O) groups excluding carboxylic acids is 1. The first-order chi connectivity index (χ1) is 13.8. The number of methoxy groups -OCH3 is 1.